The highest BCUT2D eigenvalue weighted by Gasteiger charge is 2.04. The van der Waals surface area contributed by atoms with E-state index in [0.29, 0.717) is 19.0 Å². The first-order valence-electron chi connectivity index (χ1n) is 4.63. The summed E-state index contributed by atoms with van der Waals surface area (Å²) in [7, 11) is 1.29. The van der Waals surface area contributed by atoms with Gasteiger partial charge in [0, 0.05) is 19.0 Å². The van der Waals surface area contributed by atoms with Crippen molar-refractivity contribution in [2.24, 2.45) is 0 Å². The Kier molecular flexibility index (Phi) is 6.74. The van der Waals surface area contributed by atoms with Crippen LogP contribution in [-0.4, -0.2) is 38.1 Å². The number of nitrogens with one attached hydrogen (secondary N) is 2. The maximum Gasteiger partial charge on any atom is 0.325 e. The summed E-state index contributed by atoms with van der Waals surface area (Å²) >= 11 is 0. The van der Waals surface area contributed by atoms with Gasteiger partial charge in [-0.1, -0.05) is 13.8 Å². The maximum atomic E-state index is 11.1. The van der Waals surface area contributed by atoms with Crippen LogP contribution < -0.4 is 10.6 Å². The molecule has 0 bridgehead atoms. The monoisotopic (exact) mass is 202 g/mol. The van der Waals surface area contributed by atoms with Crippen LogP contribution in [0.4, 0.5) is 0 Å². The Morgan fingerprint density at radius 2 is 2.00 bits per heavy atom. The second-order valence-corrected chi connectivity index (χ2v) is 3.21. The van der Waals surface area contributed by atoms with Crippen LogP contribution in [0, 0.1) is 0 Å². The minimum absolute atomic E-state index is 0.0585. The van der Waals surface area contributed by atoms with Crippen LogP contribution in [0.2, 0.25) is 0 Å². The molecule has 0 aromatic rings. The van der Waals surface area contributed by atoms with Gasteiger partial charge >= 0.3 is 5.97 Å². The number of carbonyl (C=O) groups excluding carboxylic acids is 2. The molecule has 5 heteroatoms. The van der Waals surface area contributed by atoms with Crippen molar-refractivity contribution >= 4 is 11.9 Å². The van der Waals surface area contributed by atoms with E-state index in [2.05, 4.69) is 15.4 Å². The third-order valence-electron chi connectivity index (χ3n) is 1.56. The molecule has 0 fully saturated rings. The molecule has 0 spiro atoms. The first-order chi connectivity index (χ1) is 6.56. The number of carbonyl (C=O) groups is 2. The quantitative estimate of drug-likeness (QED) is 0.578. The summed E-state index contributed by atoms with van der Waals surface area (Å²) in [6.07, 6.45) is 0.370. The van der Waals surface area contributed by atoms with Crippen LogP contribution in [0.1, 0.15) is 20.3 Å². The van der Waals surface area contributed by atoms with Crippen LogP contribution in [0.5, 0.6) is 0 Å². The summed E-state index contributed by atoms with van der Waals surface area (Å²) in [4.78, 5) is 21.7. The van der Waals surface area contributed by atoms with Crippen molar-refractivity contribution in [1.82, 2.24) is 10.6 Å². The van der Waals surface area contributed by atoms with Gasteiger partial charge in [0.1, 0.15) is 6.54 Å². The molecule has 14 heavy (non-hydrogen) atoms. The summed E-state index contributed by atoms with van der Waals surface area (Å²) in [5, 5.41) is 5.55. The van der Waals surface area contributed by atoms with Gasteiger partial charge in [0.2, 0.25) is 5.91 Å². The Morgan fingerprint density at radius 1 is 1.36 bits per heavy atom. The fourth-order valence-corrected chi connectivity index (χ4v) is 0.806. The minimum atomic E-state index is -0.435. The van der Waals surface area contributed by atoms with E-state index < -0.39 is 5.97 Å². The van der Waals surface area contributed by atoms with Gasteiger partial charge in [0.05, 0.1) is 7.11 Å². The lowest BCUT2D eigenvalue weighted by molar-refractivity contribution is -0.141. The van der Waals surface area contributed by atoms with Crippen LogP contribution >= 0.6 is 0 Å². The summed E-state index contributed by atoms with van der Waals surface area (Å²) in [5.41, 5.74) is 0. The molecule has 5 nitrogen and oxygen atoms in total. The number of hydrogen-bond acceptors (Lipinski definition) is 4. The molecule has 1 amide bonds. The van der Waals surface area contributed by atoms with Gasteiger partial charge in [0.15, 0.2) is 0 Å². The number of amides is 1. The summed E-state index contributed by atoms with van der Waals surface area (Å²) < 4.78 is 4.37. The van der Waals surface area contributed by atoms with E-state index in [1.165, 1.54) is 7.11 Å². The molecule has 0 saturated heterocycles. The molecule has 2 N–H and O–H groups in total. The Labute approximate surface area is 84.2 Å². The van der Waals surface area contributed by atoms with Gasteiger partial charge in [-0.3, -0.25) is 9.59 Å². The molecule has 0 atom stereocenters. The van der Waals surface area contributed by atoms with E-state index in [0.717, 1.165) is 0 Å². The zero-order valence-corrected chi connectivity index (χ0v) is 8.92. The molecule has 0 aromatic carbocycles. The van der Waals surface area contributed by atoms with E-state index in [9.17, 15) is 9.59 Å². The summed E-state index contributed by atoms with van der Waals surface area (Å²) in [5.74, 6) is -0.585. The standard InChI is InChI=1S/C9H18N2O3/c1-7(2)10-5-4-8(12)11-6-9(13)14-3/h7,10H,4-6H2,1-3H3,(H,11,12). The summed E-state index contributed by atoms with van der Waals surface area (Å²) in [6, 6.07) is 0.364. The zero-order chi connectivity index (χ0) is 11.0. The van der Waals surface area contributed by atoms with Crippen molar-refractivity contribution in [3.63, 3.8) is 0 Å². The first-order valence-corrected chi connectivity index (χ1v) is 4.63. The molecule has 0 aliphatic carbocycles. The zero-order valence-electron chi connectivity index (χ0n) is 8.92. The number of esters is 1. The fraction of sp³-hybridized carbons (Fsp3) is 0.778. The van der Waals surface area contributed by atoms with Gasteiger partial charge < -0.3 is 15.4 Å². The van der Waals surface area contributed by atoms with Crippen molar-refractivity contribution in [3.05, 3.63) is 0 Å². The predicted molar refractivity (Wildman–Crippen MR) is 52.8 cm³/mol. The third kappa shape index (κ3) is 7.54. The van der Waals surface area contributed by atoms with E-state index in [-0.39, 0.29) is 12.5 Å². The first kappa shape index (κ1) is 12.9. The van der Waals surface area contributed by atoms with Crippen molar-refractivity contribution in [2.45, 2.75) is 26.3 Å². The molecule has 0 heterocycles. The van der Waals surface area contributed by atoms with Crippen molar-refractivity contribution in [1.29, 1.82) is 0 Å². The second kappa shape index (κ2) is 7.32. The summed E-state index contributed by atoms with van der Waals surface area (Å²) in [6.45, 7) is 4.57. The third-order valence-corrected chi connectivity index (χ3v) is 1.56. The molecule has 0 rings (SSSR count). The Morgan fingerprint density at radius 3 is 2.50 bits per heavy atom. The molecule has 0 radical (unpaired) electrons. The van der Waals surface area contributed by atoms with E-state index in [1.54, 1.807) is 0 Å². The smallest absolute Gasteiger partial charge is 0.325 e. The topological polar surface area (TPSA) is 67.4 Å². The van der Waals surface area contributed by atoms with Gasteiger partial charge in [-0.05, 0) is 0 Å². The van der Waals surface area contributed by atoms with Crippen LogP contribution in [-0.2, 0) is 14.3 Å². The van der Waals surface area contributed by atoms with E-state index >= 15 is 0 Å². The van der Waals surface area contributed by atoms with Gasteiger partial charge in [-0.25, -0.2) is 0 Å². The predicted octanol–water partition coefficient (Wildman–Crippen LogP) is -0.336. The maximum absolute atomic E-state index is 11.1. The van der Waals surface area contributed by atoms with Crippen LogP contribution in [0.15, 0.2) is 0 Å². The lowest BCUT2D eigenvalue weighted by Gasteiger charge is -2.07. The van der Waals surface area contributed by atoms with Gasteiger partial charge in [-0.2, -0.15) is 0 Å². The molecular weight excluding hydrogens is 184 g/mol. The van der Waals surface area contributed by atoms with Crippen LogP contribution in [0.25, 0.3) is 0 Å². The van der Waals surface area contributed by atoms with E-state index in [4.69, 9.17) is 0 Å². The average Bonchev–Trinajstić information content (AvgIpc) is 2.13. The number of hydrogen-bond donors (Lipinski definition) is 2. The largest absolute Gasteiger partial charge is 0.468 e. The molecule has 0 aliphatic heterocycles. The van der Waals surface area contributed by atoms with Crippen LogP contribution in [0.3, 0.4) is 0 Å². The lowest BCUT2D eigenvalue weighted by atomic mass is 10.3. The number of rotatable bonds is 6. The van der Waals surface area contributed by atoms with Crippen molar-refractivity contribution in [2.75, 3.05) is 20.2 Å². The molecule has 0 aliphatic rings. The fourth-order valence-electron chi connectivity index (χ4n) is 0.806. The molecule has 0 aromatic heterocycles. The van der Waals surface area contributed by atoms with Crippen molar-refractivity contribution in [3.8, 4) is 0 Å². The molecule has 82 valence electrons. The van der Waals surface area contributed by atoms with Gasteiger partial charge in [0.25, 0.3) is 0 Å². The van der Waals surface area contributed by atoms with Gasteiger partial charge in [-0.15, -0.1) is 0 Å². The van der Waals surface area contributed by atoms with Crippen molar-refractivity contribution < 1.29 is 14.3 Å². The molecule has 0 saturated carbocycles. The number of ether oxygens (including phenoxy) is 1. The number of methoxy groups -OCH3 is 1. The highest BCUT2D eigenvalue weighted by atomic mass is 16.5. The Balaban J connectivity index is 3.42. The highest BCUT2D eigenvalue weighted by Crippen LogP contribution is 1.81. The Bertz CT molecular complexity index is 192. The molecular formula is C9H18N2O3. The second-order valence-electron chi connectivity index (χ2n) is 3.21. The Hall–Kier alpha value is -1.10. The normalized spacial score (nSPS) is 10.0. The lowest BCUT2D eigenvalue weighted by Crippen LogP contribution is -2.33. The van der Waals surface area contributed by atoms with E-state index in [1.807, 2.05) is 13.8 Å². The molecule has 0 unspecified atom stereocenters. The average molecular weight is 202 g/mol. The highest BCUT2D eigenvalue weighted by molar-refractivity contribution is 5.81. The minimum Gasteiger partial charge on any atom is -0.468 e. The SMILES string of the molecule is COC(=O)CNC(=O)CCNC(C)C.